The van der Waals surface area contributed by atoms with Gasteiger partial charge in [0, 0.05) is 11.8 Å². The molecule has 0 atom stereocenters. The summed E-state index contributed by atoms with van der Waals surface area (Å²) in [6.45, 7) is 0. The van der Waals surface area contributed by atoms with E-state index in [1.807, 2.05) is 0 Å². The molecular weight excluding hydrogens is 233 g/mol. The minimum Gasteiger partial charge on any atom is -0.307 e. The summed E-state index contributed by atoms with van der Waals surface area (Å²) in [6, 6.07) is 10.3. The van der Waals surface area contributed by atoms with Crippen LogP contribution in [0.25, 0.3) is 0 Å². The number of carbonyl (C=O) groups is 1. The summed E-state index contributed by atoms with van der Waals surface area (Å²) in [5.74, 6) is -0.768. The molecule has 5 heteroatoms. The highest BCUT2D eigenvalue weighted by Gasteiger charge is 2.09. The molecule has 18 heavy (non-hydrogen) atoms. The molecule has 0 saturated carbocycles. The van der Waals surface area contributed by atoms with Crippen LogP contribution in [0.15, 0.2) is 42.6 Å². The van der Waals surface area contributed by atoms with Crippen molar-refractivity contribution >= 4 is 11.7 Å². The Morgan fingerprint density at radius 2 is 2.17 bits per heavy atom. The Balaban J connectivity index is 2.25. The predicted octanol–water partition coefficient (Wildman–Crippen LogP) is 2.34. The number of amides is 1. The monoisotopic (exact) mass is 241 g/mol. The molecule has 0 bridgehead atoms. The molecule has 0 unspecified atom stereocenters. The Labute approximate surface area is 103 Å². The number of anilines is 1. The van der Waals surface area contributed by atoms with Crippen molar-refractivity contribution in [1.82, 2.24) is 4.98 Å². The lowest BCUT2D eigenvalue weighted by Gasteiger charge is -2.04. The molecule has 88 valence electrons. The van der Waals surface area contributed by atoms with E-state index in [-0.39, 0.29) is 11.1 Å². The van der Waals surface area contributed by atoms with Gasteiger partial charge in [0.2, 0.25) is 0 Å². The van der Waals surface area contributed by atoms with Crippen molar-refractivity contribution in [3.63, 3.8) is 0 Å². The molecule has 0 saturated heterocycles. The van der Waals surface area contributed by atoms with Crippen LogP contribution in [0.4, 0.5) is 10.2 Å². The molecule has 1 N–H and O–H groups in total. The van der Waals surface area contributed by atoms with Crippen LogP contribution in [0.1, 0.15) is 15.9 Å². The fraction of sp³-hybridized carbons (Fsp3) is 0. The fourth-order valence-electron chi connectivity index (χ4n) is 1.41. The van der Waals surface area contributed by atoms with Crippen molar-refractivity contribution in [2.45, 2.75) is 0 Å². The Bertz CT molecular complexity index is 620. The first-order valence-electron chi connectivity index (χ1n) is 5.12. The Kier molecular flexibility index (Phi) is 3.30. The van der Waals surface area contributed by atoms with Crippen LogP contribution in [0.3, 0.4) is 0 Å². The number of halogens is 1. The zero-order valence-corrected chi connectivity index (χ0v) is 9.22. The first-order valence-corrected chi connectivity index (χ1v) is 5.12. The average molecular weight is 241 g/mol. The van der Waals surface area contributed by atoms with Crippen LogP contribution < -0.4 is 5.32 Å². The highest BCUT2D eigenvalue weighted by molar-refractivity contribution is 6.03. The molecule has 1 amide bonds. The van der Waals surface area contributed by atoms with Crippen LogP contribution in [-0.2, 0) is 0 Å². The van der Waals surface area contributed by atoms with Gasteiger partial charge in [-0.3, -0.25) is 4.79 Å². The van der Waals surface area contributed by atoms with E-state index in [1.54, 1.807) is 24.3 Å². The molecule has 0 aliphatic heterocycles. The molecule has 4 nitrogen and oxygen atoms in total. The molecule has 2 aromatic rings. The zero-order chi connectivity index (χ0) is 13.0. The molecule has 1 aromatic heterocycles. The minimum atomic E-state index is -0.625. The summed E-state index contributed by atoms with van der Waals surface area (Å²) < 4.78 is 13.2. The van der Waals surface area contributed by atoms with Gasteiger partial charge in [-0.1, -0.05) is 6.07 Å². The predicted molar refractivity (Wildman–Crippen MR) is 63.3 cm³/mol. The van der Waals surface area contributed by atoms with Crippen molar-refractivity contribution in [3.05, 3.63) is 59.5 Å². The SMILES string of the molecule is N#Cc1cc(F)cc(C(=O)Nc2ccccn2)c1. The van der Waals surface area contributed by atoms with E-state index in [0.29, 0.717) is 5.82 Å². The fourth-order valence-corrected chi connectivity index (χ4v) is 1.41. The highest BCUT2D eigenvalue weighted by Crippen LogP contribution is 2.10. The second-order valence-electron chi connectivity index (χ2n) is 3.51. The first kappa shape index (κ1) is 11.7. The second-order valence-corrected chi connectivity index (χ2v) is 3.51. The van der Waals surface area contributed by atoms with Gasteiger partial charge in [0.15, 0.2) is 0 Å². The van der Waals surface area contributed by atoms with Gasteiger partial charge in [-0.15, -0.1) is 0 Å². The van der Waals surface area contributed by atoms with Gasteiger partial charge in [-0.2, -0.15) is 5.26 Å². The normalized spacial score (nSPS) is 9.56. The van der Waals surface area contributed by atoms with E-state index in [0.717, 1.165) is 12.1 Å². The maximum absolute atomic E-state index is 13.2. The summed E-state index contributed by atoms with van der Waals surface area (Å²) in [5, 5.41) is 11.2. The summed E-state index contributed by atoms with van der Waals surface area (Å²) >= 11 is 0. The Morgan fingerprint density at radius 1 is 1.33 bits per heavy atom. The molecule has 0 aliphatic rings. The molecule has 0 spiro atoms. The maximum atomic E-state index is 13.2. The third-order valence-corrected chi connectivity index (χ3v) is 2.20. The number of nitrogens with zero attached hydrogens (tertiary/aromatic N) is 2. The number of nitriles is 1. The van der Waals surface area contributed by atoms with Crippen LogP contribution in [0.2, 0.25) is 0 Å². The van der Waals surface area contributed by atoms with E-state index in [9.17, 15) is 9.18 Å². The third kappa shape index (κ3) is 2.68. The number of benzene rings is 1. The van der Waals surface area contributed by atoms with E-state index in [1.165, 1.54) is 12.3 Å². The number of carbonyl (C=O) groups excluding carboxylic acids is 1. The summed E-state index contributed by atoms with van der Waals surface area (Å²) in [7, 11) is 0. The van der Waals surface area contributed by atoms with Gasteiger partial charge < -0.3 is 5.32 Å². The van der Waals surface area contributed by atoms with Gasteiger partial charge in [0.05, 0.1) is 11.6 Å². The van der Waals surface area contributed by atoms with Gasteiger partial charge in [-0.05, 0) is 30.3 Å². The zero-order valence-electron chi connectivity index (χ0n) is 9.22. The number of aromatic nitrogens is 1. The molecule has 1 aromatic carbocycles. The minimum absolute atomic E-state index is 0.0807. The quantitative estimate of drug-likeness (QED) is 0.877. The second kappa shape index (κ2) is 5.06. The summed E-state index contributed by atoms with van der Waals surface area (Å²) in [6.07, 6.45) is 1.53. The van der Waals surface area contributed by atoms with Gasteiger partial charge in [0.1, 0.15) is 11.6 Å². The number of hydrogen-bond donors (Lipinski definition) is 1. The van der Waals surface area contributed by atoms with Crippen molar-refractivity contribution in [1.29, 1.82) is 5.26 Å². The topological polar surface area (TPSA) is 65.8 Å². The van der Waals surface area contributed by atoms with E-state index in [4.69, 9.17) is 5.26 Å². The highest BCUT2D eigenvalue weighted by atomic mass is 19.1. The van der Waals surface area contributed by atoms with Gasteiger partial charge in [-0.25, -0.2) is 9.37 Å². The van der Waals surface area contributed by atoms with Gasteiger partial charge >= 0.3 is 0 Å². The van der Waals surface area contributed by atoms with E-state index < -0.39 is 11.7 Å². The number of nitrogens with one attached hydrogen (secondary N) is 1. The van der Waals surface area contributed by atoms with Crippen LogP contribution in [-0.4, -0.2) is 10.9 Å². The lowest BCUT2D eigenvalue weighted by Crippen LogP contribution is -2.13. The van der Waals surface area contributed by atoms with Crippen LogP contribution in [0.5, 0.6) is 0 Å². The van der Waals surface area contributed by atoms with Crippen molar-refractivity contribution in [3.8, 4) is 6.07 Å². The smallest absolute Gasteiger partial charge is 0.256 e. The van der Waals surface area contributed by atoms with E-state index >= 15 is 0 Å². The van der Waals surface area contributed by atoms with E-state index in [2.05, 4.69) is 10.3 Å². The lowest BCUT2D eigenvalue weighted by atomic mass is 10.1. The third-order valence-electron chi connectivity index (χ3n) is 2.20. The van der Waals surface area contributed by atoms with Crippen LogP contribution >= 0.6 is 0 Å². The Morgan fingerprint density at radius 3 is 2.83 bits per heavy atom. The van der Waals surface area contributed by atoms with Crippen molar-refractivity contribution in [2.75, 3.05) is 5.32 Å². The largest absolute Gasteiger partial charge is 0.307 e. The number of hydrogen-bond acceptors (Lipinski definition) is 3. The summed E-state index contributed by atoms with van der Waals surface area (Å²) in [5.41, 5.74) is 0.179. The standard InChI is InChI=1S/C13H8FN3O/c14-11-6-9(8-15)5-10(7-11)13(18)17-12-3-1-2-4-16-12/h1-7H,(H,16,17,18). The average Bonchev–Trinajstić information content (AvgIpc) is 2.39. The summed E-state index contributed by atoms with van der Waals surface area (Å²) in [4.78, 5) is 15.7. The van der Waals surface area contributed by atoms with Gasteiger partial charge in [0.25, 0.3) is 5.91 Å². The van der Waals surface area contributed by atoms with Crippen molar-refractivity contribution in [2.24, 2.45) is 0 Å². The molecular formula is C13H8FN3O. The number of pyridine rings is 1. The molecule has 1 heterocycles. The van der Waals surface area contributed by atoms with Crippen molar-refractivity contribution < 1.29 is 9.18 Å². The molecule has 0 radical (unpaired) electrons. The maximum Gasteiger partial charge on any atom is 0.256 e. The Hall–Kier alpha value is -2.74. The lowest BCUT2D eigenvalue weighted by molar-refractivity contribution is 0.102. The first-order chi connectivity index (χ1) is 8.69. The molecule has 0 fully saturated rings. The molecule has 2 rings (SSSR count). The molecule has 0 aliphatic carbocycles. The number of rotatable bonds is 2. The van der Waals surface area contributed by atoms with Crippen LogP contribution in [0, 0.1) is 17.1 Å².